The van der Waals surface area contributed by atoms with Crippen molar-refractivity contribution in [1.29, 1.82) is 0 Å². The Hall–Kier alpha value is -1.63. The van der Waals surface area contributed by atoms with Gasteiger partial charge in [0.25, 0.3) is 0 Å². The van der Waals surface area contributed by atoms with Crippen molar-refractivity contribution < 1.29 is 9.47 Å². The minimum Gasteiger partial charge on any atom is -0.375 e. The van der Waals surface area contributed by atoms with Gasteiger partial charge in [0, 0.05) is 26.2 Å². The summed E-state index contributed by atoms with van der Waals surface area (Å²) in [5, 5.41) is 3.47. The van der Waals surface area contributed by atoms with E-state index in [-0.39, 0.29) is 18.2 Å². The number of morpholine rings is 1. The Labute approximate surface area is 163 Å². The highest BCUT2D eigenvalue weighted by atomic mass is 16.5. The molecule has 0 aliphatic carbocycles. The van der Waals surface area contributed by atoms with Crippen molar-refractivity contribution in [2.45, 2.75) is 38.0 Å². The number of likely N-dealkylation sites (N-methyl/N-ethyl adjacent to an activating group) is 1. The molecule has 0 radical (unpaired) electrons. The largest absolute Gasteiger partial charge is 0.375 e. The topological polar surface area (TPSA) is 49.3 Å². The van der Waals surface area contributed by atoms with Gasteiger partial charge in [0.1, 0.15) is 6.10 Å². The maximum atomic E-state index is 6.00. The van der Waals surface area contributed by atoms with Gasteiger partial charge in [-0.25, -0.2) is 0 Å². The minimum absolute atomic E-state index is 0.142. The third kappa shape index (κ3) is 5.43. The predicted molar refractivity (Wildman–Crippen MR) is 109 cm³/mol. The second kappa shape index (κ2) is 10.1. The fraction of sp³-hybridized carbons (Fsp3) is 0.667. The standard InChI is InChI=1S/C21H34N4O2/c1-4-22-21(23-15-18(24(2)3)17-9-6-5-7-10-17)25-12-14-27-20(16-25)19-11-8-13-26-19/h5-7,9-10,18-20H,4,8,11-16H2,1-3H3,(H,22,23). The maximum absolute atomic E-state index is 6.00. The van der Waals surface area contributed by atoms with Crippen LogP contribution in [0, 0.1) is 0 Å². The molecule has 27 heavy (non-hydrogen) atoms. The monoisotopic (exact) mass is 374 g/mol. The Bertz CT molecular complexity index is 587. The number of ether oxygens (including phenoxy) is 2. The molecule has 150 valence electrons. The number of nitrogens with zero attached hydrogens (tertiary/aromatic N) is 3. The van der Waals surface area contributed by atoms with Crippen molar-refractivity contribution in [3.05, 3.63) is 35.9 Å². The highest BCUT2D eigenvalue weighted by Crippen LogP contribution is 2.22. The van der Waals surface area contributed by atoms with Crippen molar-refractivity contribution in [3.8, 4) is 0 Å². The van der Waals surface area contributed by atoms with E-state index in [0.29, 0.717) is 0 Å². The summed E-state index contributed by atoms with van der Waals surface area (Å²) in [4.78, 5) is 9.55. The average molecular weight is 375 g/mol. The molecule has 1 aromatic rings. The van der Waals surface area contributed by atoms with E-state index < -0.39 is 0 Å². The Balaban J connectivity index is 1.69. The summed E-state index contributed by atoms with van der Waals surface area (Å²) in [5.41, 5.74) is 1.29. The molecule has 2 aliphatic heterocycles. The molecule has 0 spiro atoms. The summed E-state index contributed by atoms with van der Waals surface area (Å²) in [6.07, 6.45) is 2.61. The highest BCUT2D eigenvalue weighted by Gasteiger charge is 2.32. The van der Waals surface area contributed by atoms with Gasteiger partial charge in [-0.05, 0) is 39.4 Å². The zero-order chi connectivity index (χ0) is 19.1. The van der Waals surface area contributed by atoms with Crippen LogP contribution in [0.3, 0.4) is 0 Å². The first-order chi connectivity index (χ1) is 13.2. The van der Waals surface area contributed by atoms with E-state index in [0.717, 1.165) is 58.2 Å². The van der Waals surface area contributed by atoms with Crippen LogP contribution in [0.5, 0.6) is 0 Å². The van der Waals surface area contributed by atoms with Gasteiger partial charge >= 0.3 is 0 Å². The van der Waals surface area contributed by atoms with Gasteiger partial charge < -0.3 is 24.6 Å². The summed E-state index contributed by atoms with van der Waals surface area (Å²) in [6, 6.07) is 10.9. The molecule has 6 heteroatoms. The van der Waals surface area contributed by atoms with Crippen LogP contribution >= 0.6 is 0 Å². The lowest BCUT2D eigenvalue weighted by molar-refractivity contribution is -0.0817. The third-order valence-corrected chi connectivity index (χ3v) is 5.33. The Morgan fingerprint density at radius 1 is 1.22 bits per heavy atom. The molecule has 3 rings (SSSR count). The van der Waals surface area contributed by atoms with Gasteiger partial charge in [0.2, 0.25) is 0 Å². The van der Waals surface area contributed by atoms with Crippen LogP contribution in [-0.4, -0.2) is 81.5 Å². The number of nitrogens with one attached hydrogen (secondary N) is 1. The number of benzene rings is 1. The highest BCUT2D eigenvalue weighted by molar-refractivity contribution is 5.80. The quantitative estimate of drug-likeness (QED) is 0.611. The maximum Gasteiger partial charge on any atom is 0.194 e. The molecule has 0 aromatic heterocycles. The molecular weight excluding hydrogens is 340 g/mol. The van der Waals surface area contributed by atoms with Crippen molar-refractivity contribution in [1.82, 2.24) is 15.1 Å². The SMILES string of the molecule is CCNC(=NCC(c1ccccc1)N(C)C)N1CCOC(C2CCCO2)C1. The zero-order valence-electron chi connectivity index (χ0n) is 16.9. The van der Waals surface area contributed by atoms with Crippen LogP contribution in [0.15, 0.2) is 35.3 Å². The molecule has 2 heterocycles. The molecule has 2 saturated heterocycles. The molecular formula is C21H34N4O2. The van der Waals surface area contributed by atoms with E-state index >= 15 is 0 Å². The van der Waals surface area contributed by atoms with Crippen LogP contribution in [0.4, 0.5) is 0 Å². The molecule has 3 unspecified atom stereocenters. The van der Waals surface area contributed by atoms with E-state index in [1.165, 1.54) is 5.56 Å². The molecule has 0 saturated carbocycles. The summed E-state index contributed by atoms with van der Waals surface area (Å²) in [5.74, 6) is 0.978. The van der Waals surface area contributed by atoms with E-state index in [2.05, 4.69) is 66.5 Å². The molecule has 3 atom stereocenters. The minimum atomic E-state index is 0.142. The fourth-order valence-electron chi connectivity index (χ4n) is 3.83. The van der Waals surface area contributed by atoms with Gasteiger partial charge in [-0.1, -0.05) is 30.3 Å². The lowest BCUT2D eigenvalue weighted by Gasteiger charge is -2.37. The van der Waals surface area contributed by atoms with Crippen LogP contribution in [0.2, 0.25) is 0 Å². The summed E-state index contributed by atoms with van der Waals surface area (Å²) in [6.45, 7) is 7.00. The van der Waals surface area contributed by atoms with E-state index in [4.69, 9.17) is 14.5 Å². The van der Waals surface area contributed by atoms with Crippen LogP contribution in [0.1, 0.15) is 31.4 Å². The number of hydrogen-bond acceptors (Lipinski definition) is 4. The first-order valence-corrected chi connectivity index (χ1v) is 10.2. The van der Waals surface area contributed by atoms with Gasteiger partial charge in [0.05, 0.1) is 25.3 Å². The van der Waals surface area contributed by atoms with Gasteiger partial charge in [0.15, 0.2) is 5.96 Å². The molecule has 6 nitrogen and oxygen atoms in total. The number of rotatable bonds is 6. The van der Waals surface area contributed by atoms with E-state index in [1.807, 2.05) is 0 Å². The molecule has 1 N–H and O–H groups in total. The number of guanidine groups is 1. The van der Waals surface area contributed by atoms with Crippen molar-refractivity contribution in [3.63, 3.8) is 0 Å². The average Bonchev–Trinajstić information content (AvgIpc) is 3.23. The summed E-state index contributed by atoms with van der Waals surface area (Å²) in [7, 11) is 4.23. The number of aliphatic imine (C=N–C) groups is 1. The van der Waals surface area contributed by atoms with Gasteiger partial charge in [-0.3, -0.25) is 4.99 Å². The Morgan fingerprint density at radius 3 is 2.67 bits per heavy atom. The smallest absolute Gasteiger partial charge is 0.194 e. The van der Waals surface area contributed by atoms with Crippen molar-refractivity contribution in [2.24, 2.45) is 4.99 Å². The van der Waals surface area contributed by atoms with Gasteiger partial charge in [-0.2, -0.15) is 0 Å². The summed E-state index contributed by atoms with van der Waals surface area (Å²) < 4.78 is 11.8. The molecule has 0 bridgehead atoms. The summed E-state index contributed by atoms with van der Waals surface area (Å²) >= 11 is 0. The lowest BCUT2D eigenvalue weighted by Crippen LogP contribution is -2.53. The molecule has 2 fully saturated rings. The van der Waals surface area contributed by atoms with Crippen LogP contribution in [0.25, 0.3) is 0 Å². The zero-order valence-corrected chi connectivity index (χ0v) is 16.9. The third-order valence-electron chi connectivity index (χ3n) is 5.33. The second-order valence-corrected chi connectivity index (χ2v) is 7.49. The molecule has 2 aliphatic rings. The van der Waals surface area contributed by atoms with E-state index in [1.54, 1.807) is 0 Å². The second-order valence-electron chi connectivity index (χ2n) is 7.49. The van der Waals surface area contributed by atoms with Crippen molar-refractivity contribution in [2.75, 3.05) is 53.5 Å². The van der Waals surface area contributed by atoms with E-state index in [9.17, 15) is 0 Å². The first kappa shape index (κ1) is 20.1. The Morgan fingerprint density at radius 2 is 2.00 bits per heavy atom. The van der Waals surface area contributed by atoms with Crippen LogP contribution < -0.4 is 5.32 Å². The van der Waals surface area contributed by atoms with Crippen LogP contribution in [-0.2, 0) is 9.47 Å². The normalized spacial score (nSPS) is 25.0. The fourth-order valence-corrected chi connectivity index (χ4v) is 3.83. The molecule has 0 amide bonds. The Kier molecular flexibility index (Phi) is 7.50. The van der Waals surface area contributed by atoms with Crippen molar-refractivity contribution >= 4 is 5.96 Å². The first-order valence-electron chi connectivity index (χ1n) is 10.2. The predicted octanol–water partition coefficient (Wildman–Crippen LogP) is 2.13. The molecule has 1 aromatic carbocycles. The number of hydrogen-bond donors (Lipinski definition) is 1. The van der Waals surface area contributed by atoms with Gasteiger partial charge in [-0.15, -0.1) is 0 Å². The lowest BCUT2D eigenvalue weighted by atomic mass is 10.1.